The number of carbonyl (C=O) groups excluding carboxylic acids is 2. The molecule has 1 fully saturated rings. The van der Waals surface area contributed by atoms with Crippen molar-refractivity contribution in [2.24, 2.45) is 0 Å². The highest BCUT2D eigenvalue weighted by molar-refractivity contribution is 5.96. The summed E-state index contributed by atoms with van der Waals surface area (Å²) >= 11 is 0. The van der Waals surface area contributed by atoms with E-state index in [9.17, 15) is 14.0 Å². The fourth-order valence-corrected chi connectivity index (χ4v) is 3.91. The lowest BCUT2D eigenvalue weighted by atomic mass is 10.0. The standard InChI is InChI=1S/C25H26FN3O3/c1-16-6-9-19(13-17(16)2)23-14-21(28-32-23)25(31)29-12-4-3-5-22(29)24(30)27-15-18-7-10-20(26)11-8-18/h6-11,13-14,22H,3-5,12,15H2,1-2H3,(H,27,30). The predicted molar refractivity (Wildman–Crippen MR) is 118 cm³/mol. The number of halogens is 1. The Morgan fingerprint density at radius 3 is 2.62 bits per heavy atom. The molecule has 0 aliphatic carbocycles. The topological polar surface area (TPSA) is 75.4 Å². The van der Waals surface area contributed by atoms with Gasteiger partial charge >= 0.3 is 0 Å². The van der Waals surface area contributed by atoms with Gasteiger partial charge in [0.25, 0.3) is 5.91 Å². The van der Waals surface area contributed by atoms with Gasteiger partial charge in [0.1, 0.15) is 11.9 Å². The number of amides is 2. The molecule has 1 saturated heterocycles. The number of piperidine rings is 1. The highest BCUT2D eigenvalue weighted by Crippen LogP contribution is 2.25. The van der Waals surface area contributed by atoms with Crippen LogP contribution in [0.1, 0.15) is 46.4 Å². The number of rotatable bonds is 5. The van der Waals surface area contributed by atoms with E-state index in [-0.39, 0.29) is 29.9 Å². The minimum Gasteiger partial charge on any atom is -0.355 e. The number of aromatic nitrogens is 1. The summed E-state index contributed by atoms with van der Waals surface area (Å²) in [7, 11) is 0. The minimum absolute atomic E-state index is 0.191. The highest BCUT2D eigenvalue weighted by atomic mass is 19.1. The van der Waals surface area contributed by atoms with Crippen molar-refractivity contribution in [3.05, 3.63) is 76.7 Å². The van der Waals surface area contributed by atoms with Gasteiger partial charge in [-0.15, -0.1) is 0 Å². The van der Waals surface area contributed by atoms with Gasteiger partial charge in [0.2, 0.25) is 5.91 Å². The number of nitrogens with one attached hydrogen (secondary N) is 1. The van der Waals surface area contributed by atoms with Crippen molar-refractivity contribution in [3.8, 4) is 11.3 Å². The second kappa shape index (κ2) is 9.34. The molecule has 3 aromatic rings. The lowest BCUT2D eigenvalue weighted by Gasteiger charge is -2.34. The average Bonchev–Trinajstić information content (AvgIpc) is 3.30. The van der Waals surface area contributed by atoms with E-state index in [2.05, 4.69) is 10.5 Å². The van der Waals surface area contributed by atoms with Crippen LogP contribution in [-0.4, -0.2) is 34.5 Å². The fourth-order valence-electron chi connectivity index (χ4n) is 3.91. The van der Waals surface area contributed by atoms with E-state index in [0.717, 1.165) is 29.5 Å². The van der Waals surface area contributed by atoms with Crippen LogP contribution in [0.5, 0.6) is 0 Å². The Morgan fingerprint density at radius 1 is 1.09 bits per heavy atom. The largest absolute Gasteiger partial charge is 0.355 e. The monoisotopic (exact) mass is 435 g/mol. The van der Waals surface area contributed by atoms with E-state index in [1.165, 1.54) is 17.7 Å². The molecule has 2 heterocycles. The second-order valence-electron chi connectivity index (χ2n) is 8.23. The summed E-state index contributed by atoms with van der Waals surface area (Å²) < 4.78 is 18.5. The summed E-state index contributed by atoms with van der Waals surface area (Å²) in [6.45, 7) is 4.81. The molecule has 1 aliphatic heterocycles. The fraction of sp³-hybridized carbons (Fsp3) is 0.320. The Bertz CT molecular complexity index is 1120. The normalized spacial score (nSPS) is 16.1. The molecule has 4 rings (SSSR count). The van der Waals surface area contributed by atoms with Crippen LogP contribution in [0.25, 0.3) is 11.3 Å². The number of aryl methyl sites for hydroxylation is 2. The number of benzene rings is 2. The van der Waals surface area contributed by atoms with Crippen LogP contribution in [0.3, 0.4) is 0 Å². The van der Waals surface area contributed by atoms with Crippen molar-refractivity contribution in [1.29, 1.82) is 0 Å². The minimum atomic E-state index is -0.571. The molecule has 1 unspecified atom stereocenters. The Morgan fingerprint density at radius 2 is 1.88 bits per heavy atom. The van der Waals surface area contributed by atoms with Gasteiger partial charge in [-0.3, -0.25) is 9.59 Å². The molecule has 166 valence electrons. The third-order valence-electron chi connectivity index (χ3n) is 5.97. The van der Waals surface area contributed by atoms with E-state index in [1.54, 1.807) is 23.1 Å². The van der Waals surface area contributed by atoms with Crippen LogP contribution >= 0.6 is 0 Å². The predicted octanol–water partition coefficient (Wildman–Crippen LogP) is 4.41. The molecular formula is C25H26FN3O3. The van der Waals surface area contributed by atoms with Crippen molar-refractivity contribution >= 4 is 11.8 Å². The lowest BCUT2D eigenvalue weighted by Crippen LogP contribution is -2.51. The van der Waals surface area contributed by atoms with E-state index in [0.29, 0.717) is 18.7 Å². The molecule has 0 radical (unpaired) electrons. The van der Waals surface area contributed by atoms with Crippen LogP contribution in [0, 0.1) is 19.7 Å². The molecule has 1 aromatic heterocycles. The zero-order valence-corrected chi connectivity index (χ0v) is 18.2. The first-order valence-electron chi connectivity index (χ1n) is 10.8. The maximum absolute atomic E-state index is 13.2. The maximum atomic E-state index is 13.2. The molecule has 32 heavy (non-hydrogen) atoms. The molecule has 0 saturated carbocycles. The maximum Gasteiger partial charge on any atom is 0.276 e. The first-order chi connectivity index (χ1) is 15.4. The molecule has 7 heteroatoms. The van der Waals surface area contributed by atoms with Crippen LogP contribution < -0.4 is 5.32 Å². The molecule has 6 nitrogen and oxygen atoms in total. The number of carbonyl (C=O) groups is 2. The smallest absolute Gasteiger partial charge is 0.276 e. The summed E-state index contributed by atoms with van der Waals surface area (Å²) in [5, 5.41) is 6.85. The van der Waals surface area contributed by atoms with Crippen LogP contribution in [0.2, 0.25) is 0 Å². The van der Waals surface area contributed by atoms with Gasteiger partial charge < -0.3 is 14.7 Å². The summed E-state index contributed by atoms with van der Waals surface area (Å²) in [5.74, 6) is -0.339. The van der Waals surface area contributed by atoms with Gasteiger partial charge in [0.05, 0.1) is 0 Å². The third kappa shape index (κ3) is 4.72. The van der Waals surface area contributed by atoms with Crippen LogP contribution in [0.15, 0.2) is 53.1 Å². The molecule has 0 spiro atoms. The summed E-state index contributed by atoms with van der Waals surface area (Å²) in [6, 6.07) is 13.0. The van der Waals surface area contributed by atoms with Gasteiger partial charge in [-0.2, -0.15) is 0 Å². The summed E-state index contributed by atoms with van der Waals surface area (Å²) in [6.07, 6.45) is 2.28. The van der Waals surface area contributed by atoms with Crippen molar-refractivity contribution in [1.82, 2.24) is 15.4 Å². The molecular weight excluding hydrogens is 409 g/mol. The Hall–Kier alpha value is -3.48. The third-order valence-corrected chi connectivity index (χ3v) is 5.97. The summed E-state index contributed by atoms with van der Waals surface area (Å²) in [5.41, 5.74) is 4.14. The molecule has 2 aromatic carbocycles. The highest BCUT2D eigenvalue weighted by Gasteiger charge is 2.34. The van der Waals surface area contributed by atoms with Gasteiger partial charge in [-0.05, 0) is 68.0 Å². The van der Waals surface area contributed by atoms with E-state index < -0.39 is 6.04 Å². The SMILES string of the molecule is Cc1ccc(-c2cc(C(=O)N3CCCCC3C(=O)NCc3ccc(F)cc3)no2)cc1C. The Balaban J connectivity index is 1.46. The van der Waals surface area contributed by atoms with Gasteiger partial charge in [0.15, 0.2) is 11.5 Å². The van der Waals surface area contributed by atoms with E-state index in [4.69, 9.17) is 4.52 Å². The first kappa shape index (κ1) is 21.7. The van der Waals surface area contributed by atoms with Gasteiger partial charge in [-0.1, -0.05) is 29.4 Å². The average molecular weight is 435 g/mol. The van der Waals surface area contributed by atoms with Crippen molar-refractivity contribution in [2.45, 2.75) is 45.7 Å². The number of nitrogens with zero attached hydrogens (tertiary/aromatic N) is 2. The molecule has 1 atom stereocenters. The lowest BCUT2D eigenvalue weighted by molar-refractivity contribution is -0.126. The van der Waals surface area contributed by atoms with Crippen molar-refractivity contribution in [2.75, 3.05) is 6.54 Å². The molecule has 1 N–H and O–H groups in total. The van der Waals surface area contributed by atoms with Crippen molar-refractivity contribution in [3.63, 3.8) is 0 Å². The molecule has 2 amide bonds. The van der Waals surface area contributed by atoms with E-state index >= 15 is 0 Å². The van der Waals surface area contributed by atoms with Crippen LogP contribution in [-0.2, 0) is 11.3 Å². The molecule has 1 aliphatic rings. The zero-order valence-electron chi connectivity index (χ0n) is 18.2. The Kier molecular flexibility index (Phi) is 6.35. The second-order valence-corrected chi connectivity index (χ2v) is 8.23. The van der Waals surface area contributed by atoms with Gasteiger partial charge in [-0.25, -0.2) is 4.39 Å². The molecule has 0 bridgehead atoms. The quantitative estimate of drug-likeness (QED) is 0.644. The Labute approximate surface area is 186 Å². The van der Waals surface area contributed by atoms with Gasteiger partial charge in [0, 0.05) is 24.7 Å². The number of likely N-dealkylation sites (tertiary alicyclic amines) is 1. The summed E-state index contributed by atoms with van der Waals surface area (Å²) in [4.78, 5) is 27.6. The van der Waals surface area contributed by atoms with E-state index in [1.807, 2.05) is 32.0 Å². The van der Waals surface area contributed by atoms with Crippen molar-refractivity contribution < 1.29 is 18.5 Å². The number of hydrogen-bond acceptors (Lipinski definition) is 4. The zero-order chi connectivity index (χ0) is 22.7. The number of hydrogen-bond donors (Lipinski definition) is 1. The van der Waals surface area contributed by atoms with Crippen LogP contribution in [0.4, 0.5) is 4.39 Å². The first-order valence-corrected chi connectivity index (χ1v) is 10.8.